The predicted molar refractivity (Wildman–Crippen MR) is 127 cm³/mol. The minimum atomic E-state index is -0.604. The van der Waals surface area contributed by atoms with E-state index in [1.807, 2.05) is 0 Å². The molecule has 0 spiro atoms. The lowest BCUT2D eigenvalue weighted by atomic mass is 10.1. The molecule has 3 aromatic rings. The molecule has 1 aromatic heterocycles. The summed E-state index contributed by atoms with van der Waals surface area (Å²) in [5, 5.41) is 10.9. The maximum absolute atomic E-state index is 13.1. The monoisotopic (exact) mass is 488 g/mol. The Kier molecular flexibility index (Phi) is 7.17. The number of nitrogens with one attached hydrogen (secondary N) is 2. The van der Waals surface area contributed by atoms with Crippen molar-refractivity contribution in [2.24, 2.45) is 0 Å². The van der Waals surface area contributed by atoms with E-state index in [2.05, 4.69) is 15.7 Å². The summed E-state index contributed by atoms with van der Waals surface area (Å²) >= 11 is 12.4. The molecule has 33 heavy (non-hydrogen) atoms. The van der Waals surface area contributed by atoms with E-state index >= 15 is 0 Å². The van der Waals surface area contributed by atoms with Gasteiger partial charge in [-0.15, -0.1) is 0 Å². The van der Waals surface area contributed by atoms with Crippen LogP contribution in [0.1, 0.15) is 34.8 Å². The molecule has 0 radical (unpaired) electrons. The first kappa shape index (κ1) is 23.1. The number of methoxy groups -OCH3 is 1. The molecule has 2 aromatic carbocycles. The van der Waals surface area contributed by atoms with Crippen LogP contribution in [0, 0.1) is 0 Å². The Balaban J connectivity index is 1.51. The van der Waals surface area contributed by atoms with E-state index in [0.29, 0.717) is 39.3 Å². The predicted octanol–water partition coefficient (Wildman–Crippen LogP) is 5.50. The Morgan fingerprint density at radius 3 is 2.55 bits per heavy atom. The van der Waals surface area contributed by atoms with Crippen molar-refractivity contribution in [2.45, 2.75) is 18.8 Å². The maximum atomic E-state index is 13.1. The molecular weight excluding hydrogens is 467 g/mol. The van der Waals surface area contributed by atoms with Crippen LogP contribution in [0.5, 0.6) is 0 Å². The molecule has 1 saturated carbocycles. The molecule has 4 rings (SSSR count). The van der Waals surface area contributed by atoms with Crippen molar-refractivity contribution in [1.82, 2.24) is 9.78 Å². The van der Waals surface area contributed by atoms with Crippen LogP contribution in [-0.4, -0.2) is 42.1 Å². The molecule has 10 heteroatoms. The summed E-state index contributed by atoms with van der Waals surface area (Å²) in [4.78, 5) is 25.0. The van der Waals surface area contributed by atoms with Crippen molar-refractivity contribution in [2.75, 3.05) is 31.0 Å². The van der Waals surface area contributed by atoms with Gasteiger partial charge in [-0.05, 0) is 49.2 Å². The summed E-state index contributed by atoms with van der Waals surface area (Å²) in [6, 6.07) is 12.0. The van der Waals surface area contributed by atoms with E-state index in [1.54, 1.807) is 53.3 Å². The van der Waals surface area contributed by atoms with Gasteiger partial charge in [0.25, 0.3) is 5.91 Å². The van der Waals surface area contributed by atoms with Gasteiger partial charge in [0.2, 0.25) is 0 Å². The summed E-state index contributed by atoms with van der Waals surface area (Å²) in [6.45, 7) is 0.450. The number of nitrogens with zero attached hydrogens (tertiary/aromatic N) is 2. The van der Waals surface area contributed by atoms with Gasteiger partial charge in [0, 0.05) is 29.4 Å². The van der Waals surface area contributed by atoms with Crippen LogP contribution >= 0.6 is 23.2 Å². The normalized spacial score (nSPS) is 12.9. The Labute approximate surface area is 200 Å². The van der Waals surface area contributed by atoms with Crippen molar-refractivity contribution in [1.29, 1.82) is 0 Å². The van der Waals surface area contributed by atoms with Gasteiger partial charge in [0.1, 0.15) is 6.61 Å². The van der Waals surface area contributed by atoms with E-state index < -0.39 is 6.09 Å². The molecule has 172 valence electrons. The van der Waals surface area contributed by atoms with Crippen LogP contribution in [0.2, 0.25) is 10.0 Å². The van der Waals surface area contributed by atoms with Crippen LogP contribution in [0.15, 0.2) is 48.7 Å². The highest BCUT2D eigenvalue weighted by molar-refractivity contribution is 6.35. The fourth-order valence-corrected chi connectivity index (χ4v) is 3.86. The van der Waals surface area contributed by atoms with Gasteiger partial charge in [-0.1, -0.05) is 29.3 Å². The van der Waals surface area contributed by atoms with E-state index in [0.717, 1.165) is 18.5 Å². The number of amides is 2. The number of halogens is 2. The highest BCUT2D eigenvalue weighted by Crippen LogP contribution is 2.43. The lowest BCUT2D eigenvalue weighted by Crippen LogP contribution is -2.17. The molecule has 1 aliphatic rings. The fourth-order valence-electron chi connectivity index (χ4n) is 3.37. The van der Waals surface area contributed by atoms with Gasteiger partial charge >= 0.3 is 6.09 Å². The Hall–Kier alpha value is -3.07. The minimum Gasteiger partial charge on any atom is -0.447 e. The molecule has 0 saturated heterocycles. The van der Waals surface area contributed by atoms with Gasteiger partial charge in [0.15, 0.2) is 0 Å². The zero-order valence-corrected chi connectivity index (χ0v) is 19.3. The SMILES string of the molecule is COCCOC(=O)Nc1cccc(NC(=O)c2cnn(-c3ccc(Cl)cc3Cl)c2C2CC2)c1. The van der Waals surface area contributed by atoms with Gasteiger partial charge in [-0.2, -0.15) is 5.10 Å². The average Bonchev–Trinajstić information content (AvgIpc) is 3.52. The van der Waals surface area contributed by atoms with E-state index in [9.17, 15) is 9.59 Å². The van der Waals surface area contributed by atoms with E-state index in [1.165, 1.54) is 7.11 Å². The van der Waals surface area contributed by atoms with Gasteiger partial charge in [-0.25, -0.2) is 9.48 Å². The molecule has 8 nitrogen and oxygen atoms in total. The third-order valence-electron chi connectivity index (χ3n) is 5.04. The second kappa shape index (κ2) is 10.2. The molecule has 2 amide bonds. The lowest BCUT2D eigenvalue weighted by molar-refractivity contribution is 0.102. The number of rotatable bonds is 8. The van der Waals surface area contributed by atoms with Gasteiger partial charge < -0.3 is 14.8 Å². The quantitative estimate of drug-likeness (QED) is 0.408. The van der Waals surface area contributed by atoms with Crippen LogP contribution < -0.4 is 10.6 Å². The van der Waals surface area contributed by atoms with E-state index in [-0.39, 0.29) is 18.4 Å². The summed E-state index contributed by atoms with van der Waals surface area (Å²) in [5.74, 6) is -0.0667. The first-order valence-corrected chi connectivity index (χ1v) is 11.1. The highest BCUT2D eigenvalue weighted by atomic mass is 35.5. The third-order valence-corrected chi connectivity index (χ3v) is 5.58. The molecule has 1 heterocycles. The molecule has 0 atom stereocenters. The molecule has 0 aliphatic heterocycles. The summed E-state index contributed by atoms with van der Waals surface area (Å²) in [5.41, 5.74) is 2.96. The van der Waals surface area contributed by atoms with Crippen LogP contribution in [0.4, 0.5) is 16.2 Å². The first-order valence-electron chi connectivity index (χ1n) is 10.3. The molecule has 1 fully saturated rings. The Morgan fingerprint density at radius 1 is 1.09 bits per heavy atom. The summed E-state index contributed by atoms with van der Waals surface area (Å²) < 4.78 is 11.5. The largest absolute Gasteiger partial charge is 0.447 e. The number of ether oxygens (including phenoxy) is 2. The van der Waals surface area contributed by atoms with Crippen molar-refractivity contribution in [3.05, 3.63) is 70.0 Å². The fraction of sp³-hybridized carbons (Fsp3) is 0.261. The summed E-state index contributed by atoms with van der Waals surface area (Å²) in [6.07, 6.45) is 2.89. The number of carbonyl (C=O) groups is 2. The number of aromatic nitrogens is 2. The highest BCUT2D eigenvalue weighted by Gasteiger charge is 2.33. The third kappa shape index (κ3) is 5.65. The average molecular weight is 489 g/mol. The second-order valence-electron chi connectivity index (χ2n) is 7.51. The van der Waals surface area contributed by atoms with E-state index in [4.69, 9.17) is 32.7 Å². The van der Waals surface area contributed by atoms with Crippen LogP contribution in [-0.2, 0) is 9.47 Å². The summed E-state index contributed by atoms with van der Waals surface area (Å²) in [7, 11) is 1.52. The van der Waals surface area contributed by atoms with Crippen molar-refractivity contribution in [3.8, 4) is 5.69 Å². The number of anilines is 2. The molecule has 0 bridgehead atoms. The Morgan fingerprint density at radius 2 is 1.85 bits per heavy atom. The molecule has 2 N–H and O–H groups in total. The Bertz CT molecular complexity index is 1180. The van der Waals surface area contributed by atoms with Crippen molar-refractivity contribution >= 4 is 46.6 Å². The maximum Gasteiger partial charge on any atom is 0.411 e. The number of benzene rings is 2. The van der Waals surface area contributed by atoms with Crippen LogP contribution in [0.3, 0.4) is 0 Å². The lowest BCUT2D eigenvalue weighted by Gasteiger charge is -2.12. The number of hydrogen-bond donors (Lipinski definition) is 2. The standard InChI is InChI=1S/C23H22Cl2N4O4/c1-32-9-10-33-23(31)28-17-4-2-3-16(12-17)27-22(30)18-13-26-29(21(18)14-5-6-14)20-8-7-15(24)11-19(20)25/h2-4,7-8,11-14H,5-6,9-10H2,1H3,(H,27,30)(H,28,31). The first-order chi connectivity index (χ1) is 16.0. The molecular formula is C23H22Cl2N4O4. The van der Waals surface area contributed by atoms with Crippen molar-refractivity contribution in [3.63, 3.8) is 0 Å². The topological polar surface area (TPSA) is 94.5 Å². The zero-order valence-electron chi connectivity index (χ0n) is 17.8. The number of hydrogen-bond acceptors (Lipinski definition) is 5. The van der Waals surface area contributed by atoms with Crippen molar-refractivity contribution < 1.29 is 19.1 Å². The zero-order chi connectivity index (χ0) is 23.4. The van der Waals surface area contributed by atoms with Crippen LogP contribution in [0.25, 0.3) is 5.69 Å². The van der Waals surface area contributed by atoms with Gasteiger partial charge in [0.05, 0.1) is 34.8 Å². The molecule has 0 unspecified atom stereocenters. The smallest absolute Gasteiger partial charge is 0.411 e. The minimum absolute atomic E-state index is 0.143. The van der Waals surface area contributed by atoms with Gasteiger partial charge in [-0.3, -0.25) is 10.1 Å². The molecule has 1 aliphatic carbocycles. The second-order valence-corrected chi connectivity index (χ2v) is 8.36. The number of carbonyl (C=O) groups excluding carboxylic acids is 2.